The van der Waals surface area contributed by atoms with Crippen LogP contribution in [0, 0.1) is 20.8 Å². The predicted octanol–water partition coefficient (Wildman–Crippen LogP) is 3.41. The number of nitrogens with zero attached hydrogens (tertiary/aromatic N) is 3. The lowest BCUT2D eigenvalue weighted by Crippen LogP contribution is -2.25. The van der Waals surface area contributed by atoms with Crippen molar-refractivity contribution in [3.63, 3.8) is 0 Å². The number of aromatic nitrogens is 3. The molecule has 176 valence electrons. The van der Waals surface area contributed by atoms with Crippen LogP contribution in [0.25, 0.3) is 10.6 Å². The number of aryl methyl sites for hydroxylation is 3. The summed E-state index contributed by atoms with van der Waals surface area (Å²) in [6, 6.07) is 4.70. The summed E-state index contributed by atoms with van der Waals surface area (Å²) in [6.07, 6.45) is 0.392. The standard InChI is InChI=1S/C22H24F2N4O4S/c1-11-12(2)27-28(4)21(30)17(11)20-26-13(3)18(33-20)19(29)25-9-8-14-6-7-15(31-5)16(10-14)32-22(23)24/h6-7,10,22H,8-9H2,1-5H3,(H,25,29). The first-order valence-corrected chi connectivity index (χ1v) is 10.9. The smallest absolute Gasteiger partial charge is 0.387 e. The molecule has 0 radical (unpaired) electrons. The van der Waals surface area contributed by atoms with E-state index in [0.717, 1.165) is 16.9 Å². The number of halogens is 2. The highest BCUT2D eigenvalue weighted by molar-refractivity contribution is 7.17. The van der Waals surface area contributed by atoms with Crippen LogP contribution in [0.5, 0.6) is 11.5 Å². The van der Waals surface area contributed by atoms with Crippen molar-refractivity contribution in [2.45, 2.75) is 33.8 Å². The van der Waals surface area contributed by atoms with Gasteiger partial charge in [0.05, 0.1) is 24.1 Å². The minimum atomic E-state index is -2.97. The number of methoxy groups -OCH3 is 1. The van der Waals surface area contributed by atoms with E-state index in [-0.39, 0.29) is 29.5 Å². The number of nitrogens with one attached hydrogen (secondary N) is 1. The molecular formula is C22H24F2N4O4S. The number of thiazole rings is 1. The molecule has 0 aliphatic rings. The van der Waals surface area contributed by atoms with Crippen LogP contribution >= 0.6 is 11.3 Å². The second kappa shape index (κ2) is 10.1. The first-order valence-electron chi connectivity index (χ1n) is 10.0. The van der Waals surface area contributed by atoms with Gasteiger partial charge in [0, 0.05) is 13.6 Å². The summed E-state index contributed by atoms with van der Waals surface area (Å²) in [6.45, 7) is 2.61. The van der Waals surface area contributed by atoms with Crippen LogP contribution in [-0.2, 0) is 13.5 Å². The summed E-state index contributed by atoms with van der Waals surface area (Å²) >= 11 is 1.14. The van der Waals surface area contributed by atoms with Gasteiger partial charge in [0.25, 0.3) is 11.5 Å². The summed E-state index contributed by atoms with van der Waals surface area (Å²) < 4.78 is 36.0. The summed E-state index contributed by atoms with van der Waals surface area (Å²) in [5.74, 6) is -0.193. The van der Waals surface area contributed by atoms with E-state index in [4.69, 9.17) is 4.74 Å². The molecule has 0 fully saturated rings. The molecule has 1 aromatic carbocycles. The van der Waals surface area contributed by atoms with Crippen molar-refractivity contribution in [3.8, 4) is 22.1 Å². The van der Waals surface area contributed by atoms with Gasteiger partial charge in [0.15, 0.2) is 11.5 Å². The van der Waals surface area contributed by atoms with Gasteiger partial charge in [-0.25, -0.2) is 9.67 Å². The van der Waals surface area contributed by atoms with Crippen LogP contribution in [0.3, 0.4) is 0 Å². The zero-order valence-corrected chi connectivity index (χ0v) is 19.7. The fourth-order valence-electron chi connectivity index (χ4n) is 3.28. The van der Waals surface area contributed by atoms with E-state index in [2.05, 4.69) is 20.1 Å². The third-order valence-corrected chi connectivity index (χ3v) is 6.26. The fraction of sp³-hybridized carbons (Fsp3) is 0.364. The molecule has 2 aromatic heterocycles. The molecule has 8 nitrogen and oxygen atoms in total. The molecule has 0 bridgehead atoms. The van der Waals surface area contributed by atoms with E-state index in [1.54, 1.807) is 27.0 Å². The minimum Gasteiger partial charge on any atom is -0.493 e. The van der Waals surface area contributed by atoms with Gasteiger partial charge in [0.2, 0.25) is 0 Å². The number of hydrogen-bond acceptors (Lipinski definition) is 7. The van der Waals surface area contributed by atoms with Crippen LogP contribution in [0.15, 0.2) is 23.0 Å². The van der Waals surface area contributed by atoms with E-state index >= 15 is 0 Å². The highest BCUT2D eigenvalue weighted by Crippen LogP contribution is 2.30. The lowest BCUT2D eigenvalue weighted by atomic mass is 10.1. The Morgan fingerprint density at radius 1 is 1.21 bits per heavy atom. The first-order chi connectivity index (χ1) is 15.6. The normalized spacial score (nSPS) is 11.0. The second-order valence-electron chi connectivity index (χ2n) is 7.32. The van der Waals surface area contributed by atoms with Crippen molar-refractivity contribution in [2.75, 3.05) is 13.7 Å². The predicted molar refractivity (Wildman–Crippen MR) is 120 cm³/mol. The van der Waals surface area contributed by atoms with Gasteiger partial charge >= 0.3 is 6.61 Å². The highest BCUT2D eigenvalue weighted by atomic mass is 32.1. The van der Waals surface area contributed by atoms with Crippen molar-refractivity contribution < 1.29 is 23.0 Å². The zero-order valence-electron chi connectivity index (χ0n) is 18.9. The number of amides is 1. The number of benzene rings is 1. The number of hydrogen-bond donors (Lipinski definition) is 1. The quantitative estimate of drug-likeness (QED) is 0.533. The Bertz CT molecular complexity index is 1240. The van der Waals surface area contributed by atoms with Crippen LogP contribution in [-0.4, -0.2) is 40.9 Å². The molecule has 0 spiro atoms. The van der Waals surface area contributed by atoms with Gasteiger partial charge in [-0.05, 0) is 50.5 Å². The Morgan fingerprint density at radius 2 is 1.94 bits per heavy atom. The molecule has 33 heavy (non-hydrogen) atoms. The van der Waals surface area contributed by atoms with E-state index in [9.17, 15) is 18.4 Å². The minimum absolute atomic E-state index is 0.0659. The molecule has 11 heteroatoms. The third kappa shape index (κ3) is 5.36. The summed E-state index contributed by atoms with van der Waals surface area (Å²) in [4.78, 5) is 30.2. The molecule has 2 heterocycles. The monoisotopic (exact) mass is 478 g/mol. The number of alkyl halides is 2. The van der Waals surface area contributed by atoms with Gasteiger partial charge in [-0.15, -0.1) is 11.3 Å². The molecule has 0 saturated carbocycles. The van der Waals surface area contributed by atoms with Crippen molar-refractivity contribution in [2.24, 2.45) is 7.05 Å². The topological polar surface area (TPSA) is 95.3 Å². The molecule has 0 aliphatic carbocycles. The number of carbonyl (C=O) groups excluding carboxylic acids is 1. The van der Waals surface area contributed by atoms with Crippen LogP contribution < -0.4 is 20.3 Å². The molecular weight excluding hydrogens is 454 g/mol. The molecule has 3 rings (SSSR count). The number of carbonyl (C=O) groups is 1. The Kier molecular flexibility index (Phi) is 7.42. The zero-order chi connectivity index (χ0) is 24.3. The fourth-order valence-corrected chi connectivity index (χ4v) is 4.36. The maximum Gasteiger partial charge on any atom is 0.387 e. The van der Waals surface area contributed by atoms with Crippen molar-refractivity contribution >= 4 is 17.2 Å². The van der Waals surface area contributed by atoms with Gasteiger partial charge in [-0.3, -0.25) is 9.59 Å². The molecule has 0 aliphatic heterocycles. The summed E-state index contributed by atoms with van der Waals surface area (Å²) in [5.41, 5.74) is 2.79. The molecule has 0 saturated heterocycles. The third-order valence-electron chi connectivity index (χ3n) is 5.09. The summed E-state index contributed by atoms with van der Waals surface area (Å²) in [7, 11) is 2.94. The Labute approximate surface area is 193 Å². The number of ether oxygens (including phenoxy) is 2. The Balaban J connectivity index is 1.73. The molecule has 1 amide bonds. The molecule has 3 aromatic rings. The highest BCUT2D eigenvalue weighted by Gasteiger charge is 2.21. The molecule has 0 unspecified atom stereocenters. The second-order valence-corrected chi connectivity index (χ2v) is 8.32. The van der Waals surface area contributed by atoms with E-state index in [0.29, 0.717) is 38.8 Å². The summed E-state index contributed by atoms with van der Waals surface area (Å²) in [5, 5.41) is 7.44. The average molecular weight is 479 g/mol. The lowest BCUT2D eigenvalue weighted by Gasteiger charge is -2.11. The van der Waals surface area contributed by atoms with Crippen LogP contribution in [0.2, 0.25) is 0 Å². The maximum absolute atomic E-state index is 12.7. The van der Waals surface area contributed by atoms with Gasteiger partial charge in [-0.2, -0.15) is 13.9 Å². The lowest BCUT2D eigenvalue weighted by molar-refractivity contribution is -0.0512. The van der Waals surface area contributed by atoms with Crippen molar-refractivity contribution in [3.05, 3.63) is 55.9 Å². The average Bonchev–Trinajstić information content (AvgIpc) is 3.13. The first kappa shape index (κ1) is 24.3. The Morgan fingerprint density at radius 3 is 2.61 bits per heavy atom. The molecule has 0 atom stereocenters. The Hall–Kier alpha value is -3.34. The van der Waals surface area contributed by atoms with E-state index in [1.807, 2.05) is 6.92 Å². The number of rotatable bonds is 8. The van der Waals surface area contributed by atoms with E-state index in [1.165, 1.54) is 23.9 Å². The van der Waals surface area contributed by atoms with Crippen LogP contribution in [0.4, 0.5) is 8.78 Å². The van der Waals surface area contributed by atoms with Crippen LogP contribution in [0.1, 0.15) is 32.2 Å². The van der Waals surface area contributed by atoms with Gasteiger partial charge < -0.3 is 14.8 Å². The molecule has 1 N–H and O–H groups in total. The van der Waals surface area contributed by atoms with Crippen molar-refractivity contribution in [1.82, 2.24) is 20.1 Å². The maximum atomic E-state index is 12.7. The largest absolute Gasteiger partial charge is 0.493 e. The van der Waals surface area contributed by atoms with E-state index < -0.39 is 6.61 Å². The van der Waals surface area contributed by atoms with Gasteiger partial charge in [0.1, 0.15) is 9.88 Å². The van der Waals surface area contributed by atoms with Crippen molar-refractivity contribution in [1.29, 1.82) is 0 Å². The van der Waals surface area contributed by atoms with Gasteiger partial charge in [-0.1, -0.05) is 6.07 Å². The SMILES string of the molecule is COc1ccc(CCNC(=O)c2sc(-c3c(C)c(C)nn(C)c3=O)nc2C)cc1OC(F)F.